The molecular weight excluding hydrogens is 460 g/mol. The van der Waals surface area contributed by atoms with Gasteiger partial charge in [0, 0.05) is 13.2 Å². The van der Waals surface area contributed by atoms with Crippen LogP contribution < -0.4 is 4.74 Å². The smallest absolute Gasteiger partial charge is 0.341 e. The van der Waals surface area contributed by atoms with Gasteiger partial charge in [0.05, 0.1) is 12.0 Å². The van der Waals surface area contributed by atoms with E-state index >= 15 is 0 Å². The number of aliphatic hydroxyl groups is 1. The zero-order chi connectivity index (χ0) is 25.5. The Morgan fingerprint density at radius 2 is 1.94 bits per heavy atom. The largest absolute Gasteiger partial charge is 0.482 e. The van der Waals surface area contributed by atoms with Crippen LogP contribution in [0.2, 0.25) is 0 Å². The van der Waals surface area contributed by atoms with Crippen molar-refractivity contribution in [2.45, 2.75) is 89.8 Å². The zero-order valence-electron chi connectivity index (χ0n) is 21.5. The third-order valence-electron chi connectivity index (χ3n) is 8.47. The number of rotatable bonds is 12. The summed E-state index contributed by atoms with van der Waals surface area (Å²) < 4.78 is 17.2. The predicted molar refractivity (Wildman–Crippen MR) is 135 cm³/mol. The number of aliphatic carboxylic acids is 1. The molecule has 1 heterocycles. The van der Waals surface area contributed by atoms with Crippen LogP contribution in [0.3, 0.4) is 0 Å². The summed E-state index contributed by atoms with van der Waals surface area (Å²) >= 11 is 0. The molecule has 1 saturated carbocycles. The summed E-state index contributed by atoms with van der Waals surface area (Å²) in [4.78, 5) is 24.1. The van der Waals surface area contributed by atoms with Gasteiger partial charge in [-0.05, 0) is 86.3 Å². The molecule has 1 aromatic carbocycles. The van der Waals surface area contributed by atoms with Gasteiger partial charge in [-0.25, -0.2) is 4.79 Å². The summed E-state index contributed by atoms with van der Waals surface area (Å²) in [6.45, 7) is 3.03. The molecule has 0 amide bonds. The van der Waals surface area contributed by atoms with Gasteiger partial charge in [0.25, 0.3) is 0 Å². The molecule has 0 unspecified atom stereocenters. The summed E-state index contributed by atoms with van der Waals surface area (Å²) in [6, 6.07) is 5.89. The van der Waals surface area contributed by atoms with Crippen LogP contribution in [0.25, 0.3) is 0 Å². The number of esters is 1. The van der Waals surface area contributed by atoms with Crippen molar-refractivity contribution >= 4 is 11.9 Å². The molecule has 2 N–H and O–H groups in total. The lowest BCUT2D eigenvalue weighted by Gasteiger charge is -2.33. The third kappa shape index (κ3) is 6.80. The molecule has 3 aliphatic rings. The number of carboxylic acids is 1. The Labute approximate surface area is 214 Å². The maximum absolute atomic E-state index is 13.0. The van der Waals surface area contributed by atoms with Crippen LogP contribution in [-0.2, 0) is 31.9 Å². The fourth-order valence-corrected chi connectivity index (χ4v) is 6.52. The van der Waals surface area contributed by atoms with Gasteiger partial charge >= 0.3 is 11.9 Å². The Morgan fingerprint density at radius 1 is 1.14 bits per heavy atom. The second-order valence-electron chi connectivity index (χ2n) is 10.9. The van der Waals surface area contributed by atoms with Crippen LogP contribution in [0.15, 0.2) is 18.2 Å². The van der Waals surface area contributed by atoms with Crippen LogP contribution in [0.5, 0.6) is 5.75 Å². The molecule has 0 radical (unpaired) electrons. The van der Waals surface area contributed by atoms with Crippen LogP contribution in [0, 0.1) is 23.7 Å². The highest BCUT2D eigenvalue weighted by atomic mass is 16.5. The van der Waals surface area contributed by atoms with E-state index in [-0.39, 0.29) is 36.6 Å². The number of aliphatic hydroxyl groups excluding tert-OH is 1. The Hall–Kier alpha value is -2.12. The molecule has 4 rings (SSSR count). The molecule has 200 valence electrons. The van der Waals surface area contributed by atoms with Crippen molar-refractivity contribution in [2.24, 2.45) is 23.7 Å². The van der Waals surface area contributed by atoms with Crippen LogP contribution in [0.4, 0.5) is 0 Å². The van der Waals surface area contributed by atoms with Crippen molar-refractivity contribution in [3.8, 4) is 5.75 Å². The first-order chi connectivity index (χ1) is 17.5. The first kappa shape index (κ1) is 26.9. The number of carboxylic acid groups (broad SMARTS) is 1. The van der Waals surface area contributed by atoms with E-state index in [2.05, 4.69) is 13.0 Å². The van der Waals surface area contributed by atoms with Crippen molar-refractivity contribution in [1.82, 2.24) is 0 Å². The molecule has 0 spiro atoms. The van der Waals surface area contributed by atoms with Gasteiger partial charge in [-0.1, -0.05) is 38.3 Å². The second kappa shape index (κ2) is 12.9. The van der Waals surface area contributed by atoms with Gasteiger partial charge < -0.3 is 24.4 Å². The average Bonchev–Trinajstić information content (AvgIpc) is 3.21. The minimum Gasteiger partial charge on any atom is -0.482 e. The Morgan fingerprint density at radius 3 is 2.69 bits per heavy atom. The zero-order valence-corrected chi connectivity index (χ0v) is 21.5. The molecule has 7 nitrogen and oxygen atoms in total. The Balaban J connectivity index is 1.47. The number of unbranched alkanes of at least 4 members (excludes halogenated alkanes) is 2. The normalized spacial score (nSPS) is 26.6. The van der Waals surface area contributed by atoms with Gasteiger partial charge in [-0.3, -0.25) is 4.79 Å². The number of carbonyl (C=O) groups is 2. The Kier molecular flexibility index (Phi) is 9.66. The molecule has 0 bridgehead atoms. The number of hydrogen-bond acceptors (Lipinski definition) is 6. The molecule has 1 aliphatic heterocycles. The SMILES string of the molecule is CCCCC[C@H](O)CC[C@@H]1[C@H]2Cc3cccc(OCC(=O)O)c3C[C@H]2C[C@H]1OC(=O)C1CCOCC1. The highest BCUT2D eigenvalue weighted by Crippen LogP contribution is 2.49. The van der Waals surface area contributed by atoms with Gasteiger partial charge in [0.2, 0.25) is 0 Å². The fraction of sp³-hybridized carbons (Fsp3) is 0.724. The van der Waals surface area contributed by atoms with Crippen molar-refractivity contribution < 1.29 is 34.0 Å². The van der Waals surface area contributed by atoms with Crippen molar-refractivity contribution in [3.63, 3.8) is 0 Å². The highest BCUT2D eigenvalue weighted by molar-refractivity contribution is 5.72. The monoisotopic (exact) mass is 502 g/mol. The maximum atomic E-state index is 13.0. The summed E-state index contributed by atoms with van der Waals surface area (Å²) in [5, 5.41) is 19.7. The lowest BCUT2D eigenvalue weighted by Crippen LogP contribution is -2.32. The topological polar surface area (TPSA) is 102 Å². The quantitative estimate of drug-likeness (QED) is 0.319. The molecule has 2 aliphatic carbocycles. The van der Waals surface area contributed by atoms with Gasteiger partial charge in [-0.2, -0.15) is 0 Å². The van der Waals surface area contributed by atoms with Crippen molar-refractivity contribution in [3.05, 3.63) is 29.3 Å². The molecule has 2 fully saturated rings. The first-order valence-corrected chi connectivity index (χ1v) is 13.9. The number of ether oxygens (including phenoxy) is 3. The van der Waals surface area contributed by atoms with Gasteiger partial charge in [0.1, 0.15) is 11.9 Å². The molecular formula is C29H42O7. The number of carbonyl (C=O) groups excluding carboxylic acids is 1. The number of hydrogen-bond donors (Lipinski definition) is 2. The minimum atomic E-state index is -0.986. The number of benzene rings is 1. The lowest BCUT2D eigenvalue weighted by molar-refractivity contribution is -0.159. The highest BCUT2D eigenvalue weighted by Gasteiger charge is 2.47. The van der Waals surface area contributed by atoms with Crippen LogP contribution in [-0.4, -0.2) is 54.2 Å². The van der Waals surface area contributed by atoms with E-state index in [9.17, 15) is 14.7 Å². The predicted octanol–water partition coefficient (Wildman–Crippen LogP) is 4.56. The minimum absolute atomic E-state index is 0.0881. The summed E-state index contributed by atoms with van der Waals surface area (Å²) in [5.74, 6) is 0.424. The molecule has 36 heavy (non-hydrogen) atoms. The van der Waals surface area contributed by atoms with E-state index in [1.165, 1.54) is 5.56 Å². The fourth-order valence-electron chi connectivity index (χ4n) is 6.52. The first-order valence-electron chi connectivity index (χ1n) is 13.9. The lowest BCUT2D eigenvalue weighted by atomic mass is 9.73. The van der Waals surface area contributed by atoms with Crippen LogP contribution >= 0.6 is 0 Å². The van der Waals surface area contributed by atoms with E-state index in [4.69, 9.17) is 19.3 Å². The van der Waals surface area contributed by atoms with Gasteiger partial charge in [0.15, 0.2) is 6.61 Å². The third-order valence-corrected chi connectivity index (χ3v) is 8.47. The number of fused-ring (bicyclic) bond motifs is 2. The van der Waals surface area contributed by atoms with E-state index < -0.39 is 5.97 Å². The average molecular weight is 503 g/mol. The van der Waals surface area contributed by atoms with Crippen molar-refractivity contribution in [1.29, 1.82) is 0 Å². The Bertz CT molecular complexity index is 878. The molecule has 1 saturated heterocycles. The molecule has 7 heteroatoms. The van der Waals surface area contributed by atoms with E-state index in [1.807, 2.05) is 12.1 Å². The molecule has 0 aromatic heterocycles. The second-order valence-corrected chi connectivity index (χ2v) is 10.9. The van der Waals surface area contributed by atoms with E-state index in [0.29, 0.717) is 30.8 Å². The van der Waals surface area contributed by atoms with Crippen molar-refractivity contribution in [2.75, 3.05) is 19.8 Å². The maximum Gasteiger partial charge on any atom is 0.341 e. The molecule has 1 aromatic rings. The summed E-state index contributed by atoms with van der Waals surface area (Å²) in [7, 11) is 0. The molecule has 5 atom stereocenters. The summed E-state index contributed by atoms with van der Waals surface area (Å²) in [6.07, 6.45) is 9.20. The van der Waals surface area contributed by atoms with Crippen LogP contribution in [0.1, 0.15) is 75.8 Å². The van der Waals surface area contributed by atoms with E-state index in [0.717, 1.165) is 76.2 Å². The summed E-state index contributed by atoms with van der Waals surface area (Å²) in [5.41, 5.74) is 2.29. The standard InChI is InChI=1S/C29H42O7/c1-2-3-4-7-22(30)9-10-23-24-15-20-6-5-8-26(35-18-28(31)32)25(20)16-21(24)17-27(23)36-29(33)19-11-13-34-14-12-19/h5-6,8,19,21-24,27,30H,2-4,7,9-18H2,1H3,(H,31,32)/t21-,22-,23+,24-,27+/m0/s1. The van der Waals surface area contributed by atoms with Gasteiger partial charge in [-0.15, -0.1) is 0 Å². The van der Waals surface area contributed by atoms with E-state index in [1.54, 1.807) is 0 Å².